The number of nitrogens with zero attached hydrogens (tertiary/aromatic N) is 7. The average molecular weight is 374 g/mol. The van der Waals surface area contributed by atoms with Gasteiger partial charge in [-0.05, 0) is 18.2 Å². The summed E-state index contributed by atoms with van der Waals surface area (Å²) < 4.78 is 1.71. The highest BCUT2D eigenvalue weighted by Crippen LogP contribution is 2.33. The van der Waals surface area contributed by atoms with Crippen LogP contribution in [0.15, 0.2) is 30.6 Å². The topological polar surface area (TPSA) is 85.4 Å². The van der Waals surface area contributed by atoms with Crippen molar-refractivity contribution in [2.24, 2.45) is 0 Å². The molecule has 8 nitrogen and oxygen atoms in total. The van der Waals surface area contributed by atoms with E-state index in [1.54, 1.807) is 10.7 Å². The standard InChI is InChI=1S/C20H22N8/c1-14-12-27(17-3-2-16(10-21)28-18(17)4-5-24-28)13-15-11-23-20(25-19(14)15)26-8-6-22-7-9-26/h2-5,11,14,22H,6-9,12-13H2,1H3/t14-/m0/s1. The molecule has 142 valence electrons. The van der Waals surface area contributed by atoms with E-state index in [9.17, 15) is 5.26 Å². The molecule has 1 N–H and O–H groups in total. The third-order valence-corrected chi connectivity index (χ3v) is 5.60. The second-order valence-corrected chi connectivity index (χ2v) is 7.44. The fourth-order valence-corrected chi connectivity index (χ4v) is 4.20. The van der Waals surface area contributed by atoms with E-state index in [1.807, 2.05) is 24.4 Å². The first kappa shape index (κ1) is 17.0. The first-order valence-corrected chi connectivity index (χ1v) is 9.68. The number of hydrogen-bond acceptors (Lipinski definition) is 7. The van der Waals surface area contributed by atoms with Gasteiger partial charge in [0.15, 0.2) is 0 Å². The third-order valence-electron chi connectivity index (χ3n) is 5.60. The number of anilines is 2. The lowest BCUT2D eigenvalue weighted by molar-refractivity contribution is 0.570. The first-order valence-electron chi connectivity index (χ1n) is 9.68. The summed E-state index contributed by atoms with van der Waals surface area (Å²) >= 11 is 0. The van der Waals surface area contributed by atoms with Crippen molar-refractivity contribution in [3.05, 3.63) is 47.5 Å². The molecular formula is C20H22N8. The van der Waals surface area contributed by atoms with Crippen LogP contribution in [0.5, 0.6) is 0 Å². The van der Waals surface area contributed by atoms with Crippen LogP contribution >= 0.6 is 0 Å². The Kier molecular flexibility index (Phi) is 4.10. The molecule has 2 aliphatic rings. The predicted molar refractivity (Wildman–Crippen MR) is 106 cm³/mol. The number of hydrogen-bond donors (Lipinski definition) is 1. The normalized spacial score (nSPS) is 19.5. The molecule has 0 unspecified atom stereocenters. The van der Waals surface area contributed by atoms with Crippen molar-refractivity contribution in [1.29, 1.82) is 5.26 Å². The summed E-state index contributed by atoms with van der Waals surface area (Å²) in [4.78, 5) is 14.2. The number of aromatic nitrogens is 4. The van der Waals surface area contributed by atoms with Gasteiger partial charge in [-0.3, -0.25) is 0 Å². The molecule has 0 bridgehead atoms. The van der Waals surface area contributed by atoms with E-state index in [0.29, 0.717) is 11.6 Å². The van der Waals surface area contributed by atoms with E-state index in [-0.39, 0.29) is 0 Å². The zero-order chi connectivity index (χ0) is 19.1. The van der Waals surface area contributed by atoms with Gasteiger partial charge in [-0.1, -0.05) is 6.92 Å². The predicted octanol–water partition coefficient (Wildman–Crippen LogP) is 1.53. The minimum Gasteiger partial charge on any atom is -0.365 e. The molecule has 0 saturated carbocycles. The van der Waals surface area contributed by atoms with Crippen molar-refractivity contribution in [3.63, 3.8) is 0 Å². The van der Waals surface area contributed by atoms with Gasteiger partial charge in [0, 0.05) is 56.9 Å². The highest BCUT2D eigenvalue weighted by Gasteiger charge is 2.27. The summed E-state index contributed by atoms with van der Waals surface area (Å²) in [5, 5.41) is 17.0. The fraction of sp³-hybridized carbons (Fsp3) is 0.400. The van der Waals surface area contributed by atoms with Crippen molar-refractivity contribution in [2.75, 3.05) is 42.5 Å². The van der Waals surface area contributed by atoms with E-state index in [1.165, 1.54) is 5.56 Å². The number of nitriles is 1. The molecule has 8 heteroatoms. The van der Waals surface area contributed by atoms with Gasteiger partial charge in [0.2, 0.25) is 5.95 Å². The SMILES string of the molecule is C[C@H]1CN(c2ccc(C#N)n3nccc23)Cc2cnc(N3CCNCC3)nc21. The Labute approximate surface area is 163 Å². The maximum atomic E-state index is 9.31. The zero-order valence-electron chi connectivity index (χ0n) is 15.8. The Hall–Kier alpha value is -3.18. The molecule has 1 saturated heterocycles. The molecule has 3 aromatic rings. The number of rotatable bonds is 2. The van der Waals surface area contributed by atoms with Gasteiger partial charge in [-0.15, -0.1) is 0 Å². The molecule has 1 atom stereocenters. The fourth-order valence-electron chi connectivity index (χ4n) is 4.20. The van der Waals surface area contributed by atoms with Crippen LogP contribution < -0.4 is 15.1 Å². The summed E-state index contributed by atoms with van der Waals surface area (Å²) in [6.45, 7) is 7.70. The van der Waals surface area contributed by atoms with Crippen LogP contribution in [0, 0.1) is 11.3 Å². The molecule has 2 aliphatic heterocycles. The van der Waals surface area contributed by atoms with Gasteiger partial charge in [0.1, 0.15) is 11.8 Å². The van der Waals surface area contributed by atoms with E-state index in [0.717, 1.165) is 62.1 Å². The molecule has 0 spiro atoms. The van der Waals surface area contributed by atoms with E-state index in [2.05, 4.69) is 38.2 Å². The zero-order valence-corrected chi connectivity index (χ0v) is 15.8. The average Bonchev–Trinajstić information content (AvgIpc) is 3.23. The van der Waals surface area contributed by atoms with Gasteiger partial charge in [-0.2, -0.15) is 10.4 Å². The lowest BCUT2D eigenvalue weighted by Gasteiger charge is -2.35. The van der Waals surface area contributed by atoms with Gasteiger partial charge >= 0.3 is 0 Å². The maximum Gasteiger partial charge on any atom is 0.225 e. The van der Waals surface area contributed by atoms with Crippen LogP contribution in [0.4, 0.5) is 11.6 Å². The molecule has 3 aromatic heterocycles. The molecule has 1 fully saturated rings. The van der Waals surface area contributed by atoms with Crippen LogP contribution in [0.1, 0.15) is 29.8 Å². The van der Waals surface area contributed by atoms with Crippen LogP contribution in [-0.2, 0) is 6.54 Å². The van der Waals surface area contributed by atoms with Crippen LogP contribution in [-0.4, -0.2) is 52.3 Å². The van der Waals surface area contributed by atoms with E-state index < -0.39 is 0 Å². The van der Waals surface area contributed by atoms with Crippen molar-refractivity contribution in [3.8, 4) is 6.07 Å². The molecule has 0 radical (unpaired) electrons. The number of fused-ring (bicyclic) bond motifs is 2. The van der Waals surface area contributed by atoms with Crippen LogP contribution in [0.25, 0.3) is 5.52 Å². The van der Waals surface area contributed by atoms with E-state index in [4.69, 9.17) is 4.98 Å². The summed E-state index contributed by atoms with van der Waals surface area (Å²) in [7, 11) is 0. The lowest BCUT2D eigenvalue weighted by atomic mass is 9.97. The Morgan fingerprint density at radius 2 is 2.04 bits per heavy atom. The quantitative estimate of drug-likeness (QED) is 0.728. The summed E-state index contributed by atoms with van der Waals surface area (Å²) in [6.07, 6.45) is 3.73. The third kappa shape index (κ3) is 2.75. The minimum atomic E-state index is 0.298. The Morgan fingerprint density at radius 1 is 1.18 bits per heavy atom. The second kappa shape index (κ2) is 6.77. The lowest BCUT2D eigenvalue weighted by Crippen LogP contribution is -2.44. The number of piperazine rings is 1. The smallest absolute Gasteiger partial charge is 0.225 e. The van der Waals surface area contributed by atoms with Gasteiger partial charge in [-0.25, -0.2) is 14.5 Å². The van der Waals surface area contributed by atoms with Gasteiger partial charge in [0.05, 0.1) is 23.1 Å². The molecule has 0 amide bonds. The van der Waals surface area contributed by atoms with Crippen molar-refractivity contribution < 1.29 is 0 Å². The molecular weight excluding hydrogens is 352 g/mol. The Morgan fingerprint density at radius 3 is 2.86 bits per heavy atom. The second-order valence-electron chi connectivity index (χ2n) is 7.44. The van der Waals surface area contributed by atoms with Crippen molar-refractivity contribution in [1.82, 2.24) is 24.9 Å². The maximum absolute atomic E-state index is 9.31. The van der Waals surface area contributed by atoms with Crippen molar-refractivity contribution in [2.45, 2.75) is 19.4 Å². The summed E-state index contributed by atoms with van der Waals surface area (Å²) in [5.41, 5.74) is 4.89. The molecule has 28 heavy (non-hydrogen) atoms. The Bertz CT molecular complexity index is 1060. The molecule has 0 aromatic carbocycles. The van der Waals surface area contributed by atoms with Crippen LogP contribution in [0.3, 0.4) is 0 Å². The first-order chi connectivity index (χ1) is 13.7. The highest BCUT2D eigenvalue weighted by molar-refractivity contribution is 5.74. The van der Waals surface area contributed by atoms with E-state index >= 15 is 0 Å². The van der Waals surface area contributed by atoms with Crippen molar-refractivity contribution >= 4 is 17.2 Å². The number of nitrogens with one attached hydrogen (secondary N) is 1. The molecule has 5 rings (SSSR count). The monoisotopic (exact) mass is 374 g/mol. The largest absolute Gasteiger partial charge is 0.365 e. The summed E-state index contributed by atoms with van der Waals surface area (Å²) in [6, 6.07) is 8.01. The molecule has 0 aliphatic carbocycles. The number of pyridine rings is 1. The van der Waals surface area contributed by atoms with Crippen LogP contribution in [0.2, 0.25) is 0 Å². The summed E-state index contributed by atoms with van der Waals surface area (Å²) in [5.74, 6) is 1.14. The van der Waals surface area contributed by atoms with Gasteiger partial charge < -0.3 is 15.1 Å². The minimum absolute atomic E-state index is 0.298. The Balaban J connectivity index is 1.48. The van der Waals surface area contributed by atoms with Gasteiger partial charge in [0.25, 0.3) is 0 Å². The molecule has 5 heterocycles. The highest BCUT2D eigenvalue weighted by atomic mass is 15.3.